The Labute approximate surface area is 58.0 Å². The van der Waals surface area contributed by atoms with E-state index in [0.717, 1.165) is 0 Å². The molecule has 0 saturated heterocycles. The van der Waals surface area contributed by atoms with E-state index in [-0.39, 0.29) is 6.54 Å². The van der Waals surface area contributed by atoms with Crippen molar-refractivity contribution in [2.45, 2.75) is 0 Å². The molecule has 0 aliphatic carbocycles. The third kappa shape index (κ3) is 5.04. The maximum Gasteiger partial charge on any atom is 0.341 e. The van der Waals surface area contributed by atoms with Crippen LogP contribution >= 0.6 is 0 Å². The fourth-order valence-corrected chi connectivity index (χ4v) is 0.338. The smallest absolute Gasteiger partial charge is 0.341 e. The SMILES string of the molecule is CNCC(=O)OCC(=O)O. The minimum Gasteiger partial charge on any atom is -0.479 e. The molecule has 0 aromatic heterocycles. The van der Waals surface area contributed by atoms with Gasteiger partial charge in [-0.05, 0) is 7.05 Å². The monoisotopic (exact) mass is 147 g/mol. The molecule has 10 heavy (non-hydrogen) atoms. The highest BCUT2D eigenvalue weighted by Gasteiger charge is 2.02. The van der Waals surface area contributed by atoms with Crippen molar-refractivity contribution in [2.24, 2.45) is 0 Å². The van der Waals surface area contributed by atoms with Gasteiger partial charge in [0.15, 0.2) is 6.61 Å². The van der Waals surface area contributed by atoms with Gasteiger partial charge in [-0.1, -0.05) is 0 Å². The zero-order chi connectivity index (χ0) is 7.98. The Morgan fingerprint density at radius 2 is 2.20 bits per heavy atom. The first-order valence-corrected chi connectivity index (χ1v) is 2.69. The first kappa shape index (κ1) is 8.90. The van der Waals surface area contributed by atoms with Crippen molar-refractivity contribution in [2.75, 3.05) is 20.2 Å². The lowest BCUT2D eigenvalue weighted by atomic mass is 10.6. The molecule has 58 valence electrons. The standard InChI is InChI=1S/C5H9NO4/c1-6-2-5(9)10-3-4(7)8/h6H,2-3H2,1H3,(H,7,8). The number of rotatable bonds is 4. The van der Waals surface area contributed by atoms with Crippen molar-refractivity contribution >= 4 is 11.9 Å². The third-order valence-corrected chi connectivity index (χ3v) is 0.678. The summed E-state index contributed by atoms with van der Waals surface area (Å²) in [5, 5.41) is 10.6. The summed E-state index contributed by atoms with van der Waals surface area (Å²) in [5.74, 6) is -1.71. The molecule has 5 nitrogen and oxygen atoms in total. The summed E-state index contributed by atoms with van der Waals surface area (Å²) < 4.78 is 4.24. The van der Waals surface area contributed by atoms with Crippen LogP contribution < -0.4 is 5.32 Å². The van der Waals surface area contributed by atoms with Crippen LogP contribution in [-0.2, 0) is 14.3 Å². The van der Waals surface area contributed by atoms with E-state index >= 15 is 0 Å². The van der Waals surface area contributed by atoms with Gasteiger partial charge in [0.05, 0.1) is 6.54 Å². The Kier molecular flexibility index (Phi) is 4.23. The van der Waals surface area contributed by atoms with Gasteiger partial charge >= 0.3 is 11.9 Å². The second kappa shape index (κ2) is 4.75. The second-order valence-corrected chi connectivity index (χ2v) is 1.58. The van der Waals surface area contributed by atoms with Gasteiger partial charge in [0.2, 0.25) is 0 Å². The molecule has 0 radical (unpaired) electrons. The lowest BCUT2D eigenvalue weighted by Crippen LogP contribution is -2.23. The van der Waals surface area contributed by atoms with Crippen LogP contribution in [0.4, 0.5) is 0 Å². The van der Waals surface area contributed by atoms with E-state index in [1.165, 1.54) is 0 Å². The van der Waals surface area contributed by atoms with Crippen LogP contribution in [0.15, 0.2) is 0 Å². The zero-order valence-corrected chi connectivity index (χ0v) is 5.59. The van der Waals surface area contributed by atoms with E-state index in [0.29, 0.717) is 0 Å². The average Bonchev–Trinajstić information content (AvgIpc) is 1.85. The number of carboxylic acids is 1. The summed E-state index contributed by atoms with van der Waals surface area (Å²) in [7, 11) is 1.57. The molecule has 5 heteroatoms. The largest absolute Gasteiger partial charge is 0.479 e. The highest BCUT2D eigenvalue weighted by molar-refractivity contribution is 5.76. The molecule has 0 spiro atoms. The number of ether oxygens (including phenoxy) is 1. The van der Waals surface area contributed by atoms with Crippen LogP contribution in [0.3, 0.4) is 0 Å². The van der Waals surface area contributed by atoms with E-state index in [1.54, 1.807) is 7.05 Å². The van der Waals surface area contributed by atoms with E-state index in [1.807, 2.05) is 0 Å². The maximum absolute atomic E-state index is 10.4. The molecule has 0 rings (SSSR count). The molecule has 0 saturated carbocycles. The lowest BCUT2D eigenvalue weighted by Gasteiger charge is -1.98. The van der Waals surface area contributed by atoms with Gasteiger partial charge in [-0.2, -0.15) is 0 Å². The van der Waals surface area contributed by atoms with E-state index in [2.05, 4.69) is 10.1 Å². The van der Waals surface area contributed by atoms with Crippen molar-refractivity contribution in [1.82, 2.24) is 5.32 Å². The Balaban J connectivity index is 3.30. The molecule has 0 atom stereocenters. The second-order valence-electron chi connectivity index (χ2n) is 1.58. The number of hydrogen-bond donors (Lipinski definition) is 2. The summed E-state index contributed by atoms with van der Waals surface area (Å²) in [6.07, 6.45) is 0. The predicted molar refractivity (Wildman–Crippen MR) is 32.5 cm³/mol. The van der Waals surface area contributed by atoms with Crippen molar-refractivity contribution in [3.05, 3.63) is 0 Å². The van der Waals surface area contributed by atoms with Gasteiger partial charge in [-0.3, -0.25) is 4.79 Å². The minimum atomic E-state index is -1.15. The predicted octanol–water partition coefficient (Wildman–Crippen LogP) is -1.17. The fourth-order valence-electron chi connectivity index (χ4n) is 0.338. The molecule has 0 heterocycles. The number of likely N-dealkylation sites (N-methyl/N-ethyl adjacent to an activating group) is 1. The number of aliphatic carboxylic acids is 1. The Hall–Kier alpha value is -1.10. The first-order valence-electron chi connectivity index (χ1n) is 2.69. The molecule has 0 aromatic carbocycles. The summed E-state index contributed by atoms with van der Waals surface area (Å²) in [4.78, 5) is 20.2. The highest BCUT2D eigenvalue weighted by atomic mass is 16.5. The quantitative estimate of drug-likeness (QED) is 0.490. The normalized spacial score (nSPS) is 8.90. The van der Waals surface area contributed by atoms with Crippen LogP contribution in [-0.4, -0.2) is 37.2 Å². The number of carbonyl (C=O) groups excluding carboxylic acids is 1. The number of hydrogen-bond acceptors (Lipinski definition) is 4. The van der Waals surface area contributed by atoms with Gasteiger partial charge in [0.25, 0.3) is 0 Å². The molecule has 0 unspecified atom stereocenters. The van der Waals surface area contributed by atoms with Gasteiger partial charge in [0, 0.05) is 0 Å². The molecule has 0 amide bonds. The first-order chi connectivity index (χ1) is 4.66. The molecular formula is C5H9NO4. The van der Waals surface area contributed by atoms with E-state index in [9.17, 15) is 9.59 Å². The Bertz CT molecular complexity index is 134. The van der Waals surface area contributed by atoms with Gasteiger partial charge in [-0.15, -0.1) is 0 Å². The number of carboxylic acid groups (broad SMARTS) is 1. The molecule has 0 bridgehead atoms. The number of carbonyl (C=O) groups is 2. The summed E-state index contributed by atoms with van der Waals surface area (Å²) in [6.45, 7) is -0.534. The molecule has 0 fully saturated rings. The average molecular weight is 147 g/mol. The van der Waals surface area contributed by atoms with Crippen molar-refractivity contribution in [1.29, 1.82) is 0 Å². The van der Waals surface area contributed by atoms with Crippen molar-refractivity contribution in [3.63, 3.8) is 0 Å². The van der Waals surface area contributed by atoms with Crippen LogP contribution in [0.2, 0.25) is 0 Å². The molecule has 2 N–H and O–H groups in total. The lowest BCUT2D eigenvalue weighted by molar-refractivity contribution is -0.154. The molecule has 0 aliphatic rings. The van der Waals surface area contributed by atoms with Crippen molar-refractivity contribution in [3.8, 4) is 0 Å². The van der Waals surface area contributed by atoms with Crippen LogP contribution in [0.5, 0.6) is 0 Å². The van der Waals surface area contributed by atoms with Crippen LogP contribution in [0, 0.1) is 0 Å². The Morgan fingerprint density at radius 1 is 1.60 bits per heavy atom. The molecule has 0 aliphatic heterocycles. The maximum atomic E-state index is 10.4. The van der Waals surface area contributed by atoms with Gasteiger partial charge in [-0.25, -0.2) is 4.79 Å². The summed E-state index contributed by atoms with van der Waals surface area (Å²) >= 11 is 0. The molecular weight excluding hydrogens is 138 g/mol. The van der Waals surface area contributed by atoms with Crippen LogP contribution in [0.25, 0.3) is 0 Å². The van der Waals surface area contributed by atoms with Gasteiger partial charge in [0.1, 0.15) is 0 Å². The topological polar surface area (TPSA) is 75.6 Å². The highest BCUT2D eigenvalue weighted by Crippen LogP contribution is 1.75. The third-order valence-electron chi connectivity index (χ3n) is 0.678. The molecule has 0 aromatic rings. The van der Waals surface area contributed by atoms with Crippen molar-refractivity contribution < 1.29 is 19.4 Å². The zero-order valence-electron chi connectivity index (χ0n) is 5.59. The van der Waals surface area contributed by atoms with E-state index in [4.69, 9.17) is 5.11 Å². The fraction of sp³-hybridized carbons (Fsp3) is 0.600. The minimum absolute atomic E-state index is 0.0350. The van der Waals surface area contributed by atoms with E-state index < -0.39 is 18.5 Å². The number of esters is 1. The summed E-state index contributed by atoms with van der Waals surface area (Å²) in [5.41, 5.74) is 0. The van der Waals surface area contributed by atoms with Gasteiger partial charge < -0.3 is 15.2 Å². The Morgan fingerprint density at radius 3 is 2.60 bits per heavy atom. The number of nitrogens with one attached hydrogen (secondary N) is 1. The summed E-state index contributed by atoms with van der Waals surface area (Å²) in [6, 6.07) is 0. The van der Waals surface area contributed by atoms with Crippen LogP contribution in [0.1, 0.15) is 0 Å².